The fourth-order valence-corrected chi connectivity index (χ4v) is 4.92. The molecule has 4 atom stereocenters. The molecule has 3 N–H and O–H groups in total. The van der Waals surface area contributed by atoms with Crippen molar-refractivity contribution in [3.8, 4) is 0 Å². The maximum atomic E-state index is 11.9. The summed E-state index contributed by atoms with van der Waals surface area (Å²) in [6.45, 7) is 1.06. The molecule has 1 amide bonds. The van der Waals surface area contributed by atoms with Crippen LogP contribution in [0.2, 0.25) is 0 Å². The van der Waals surface area contributed by atoms with E-state index in [0.717, 1.165) is 28.4 Å². The number of hydrogen-bond donors (Lipinski definition) is 3. The molecule has 0 aromatic carbocycles. The van der Waals surface area contributed by atoms with Gasteiger partial charge in [-0.3, -0.25) is 9.69 Å². The number of aliphatic hydroxyl groups is 3. The maximum Gasteiger partial charge on any atom is 1.00 e. The standard InChI is InChI=1S/C11H15NO6S2.Na/c1-4(14)6-8(16)12-7(10(17)18)11(20-9(6)12)19-3-5(15)2-13;/h4-6,9,13-15H,2-3H2,1H3,(H,17,18);/q;+1/p-1/t4?,5?,6-,9+;/m0./s1. The number of amides is 1. The Morgan fingerprint density at radius 3 is 2.62 bits per heavy atom. The molecule has 0 spiro atoms. The van der Waals surface area contributed by atoms with Crippen LogP contribution in [0, 0.1) is 5.92 Å². The summed E-state index contributed by atoms with van der Waals surface area (Å²) in [5.41, 5.74) is -0.211. The van der Waals surface area contributed by atoms with Gasteiger partial charge in [0, 0.05) is 5.75 Å². The molecule has 2 aliphatic rings. The Morgan fingerprint density at radius 1 is 1.52 bits per heavy atom. The van der Waals surface area contributed by atoms with Crippen LogP contribution >= 0.6 is 23.5 Å². The summed E-state index contributed by atoms with van der Waals surface area (Å²) in [4.78, 5) is 24.2. The number of carbonyl (C=O) groups is 2. The topological polar surface area (TPSA) is 121 Å². The van der Waals surface area contributed by atoms with E-state index in [1.165, 1.54) is 6.92 Å². The third-order valence-corrected chi connectivity index (χ3v) is 5.88. The van der Waals surface area contributed by atoms with Crippen LogP contribution in [0.3, 0.4) is 0 Å². The molecule has 2 rings (SSSR count). The van der Waals surface area contributed by atoms with E-state index in [-0.39, 0.29) is 41.0 Å². The fraction of sp³-hybridized carbons (Fsp3) is 0.636. The Bertz CT molecular complexity index is 472. The zero-order valence-corrected chi connectivity index (χ0v) is 15.2. The molecule has 21 heavy (non-hydrogen) atoms. The number of aliphatic carboxylic acids is 1. The molecule has 0 aromatic heterocycles. The second kappa shape index (κ2) is 7.69. The molecular formula is C11H14NNaO6S2. The van der Waals surface area contributed by atoms with Crippen LogP contribution in [0.25, 0.3) is 0 Å². The Balaban J connectivity index is 0.00000220. The van der Waals surface area contributed by atoms with Crippen LogP contribution in [0.4, 0.5) is 0 Å². The van der Waals surface area contributed by atoms with Gasteiger partial charge in [-0.2, -0.15) is 0 Å². The van der Waals surface area contributed by atoms with Crippen molar-refractivity contribution in [2.75, 3.05) is 12.4 Å². The predicted molar refractivity (Wildman–Crippen MR) is 71.0 cm³/mol. The van der Waals surface area contributed by atoms with Crippen molar-refractivity contribution < 1.29 is 59.6 Å². The number of hydrogen-bond acceptors (Lipinski definition) is 8. The normalized spacial score (nSPS) is 26.9. The Kier molecular flexibility index (Phi) is 7.07. The fourth-order valence-electron chi connectivity index (χ4n) is 2.07. The van der Waals surface area contributed by atoms with Gasteiger partial charge >= 0.3 is 29.6 Å². The second-order valence-electron chi connectivity index (χ2n) is 4.55. The van der Waals surface area contributed by atoms with Gasteiger partial charge < -0.3 is 25.2 Å². The summed E-state index contributed by atoms with van der Waals surface area (Å²) in [6.07, 6.45) is -1.82. The van der Waals surface area contributed by atoms with Gasteiger partial charge in [0.25, 0.3) is 0 Å². The van der Waals surface area contributed by atoms with Crippen molar-refractivity contribution >= 4 is 35.4 Å². The molecule has 1 saturated heterocycles. The third kappa shape index (κ3) is 3.61. The molecule has 0 saturated carbocycles. The number of carboxylic acid groups (broad SMARTS) is 1. The average molecular weight is 343 g/mol. The van der Waals surface area contributed by atoms with Crippen LogP contribution in [0.1, 0.15) is 6.92 Å². The number of thioether (sulfide) groups is 2. The minimum Gasteiger partial charge on any atom is -0.543 e. The Hall–Kier alpha value is 0.260. The number of nitrogens with zero attached hydrogens (tertiary/aromatic N) is 1. The van der Waals surface area contributed by atoms with Crippen molar-refractivity contribution in [2.45, 2.75) is 24.5 Å². The number of carboxylic acids is 1. The van der Waals surface area contributed by atoms with Crippen LogP contribution in [0.5, 0.6) is 0 Å². The first-order valence-corrected chi connectivity index (χ1v) is 7.80. The molecule has 10 heteroatoms. The van der Waals surface area contributed by atoms with Gasteiger partial charge in [-0.05, 0) is 6.92 Å². The monoisotopic (exact) mass is 343 g/mol. The number of fused-ring (bicyclic) bond motifs is 1. The van der Waals surface area contributed by atoms with E-state index >= 15 is 0 Å². The first kappa shape index (κ1) is 19.3. The number of rotatable bonds is 6. The smallest absolute Gasteiger partial charge is 0.543 e. The average Bonchev–Trinajstić information content (AvgIpc) is 2.69. The SMILES string of the molecule is CC(O)[C@H]1C(=O)N2C(C(=O)[O-])=C(SCC(O)CO)S[C@H]12.[Na+]. The van der Waals surface area contributed by atoms with E-state index in [1.54, 1.807) is 0 Å². The van der Waals surface area contributed by atoms with E-state index in [2.05, 4.69) is 0 Å². The quantitative estimate of drug-likeness (QED) is 0.324. The van der Waals surface area contributed by atoms with E-state index in [1.807, 2.05) is 0 Å². The summed E-state index contributed by atoms with van der Waals surface area (Å²) in [6, 6.07) is 0. The van der Waals surface area contributed by atoms with E-state index in [4.69, 9.17) is 5.11 Å². The maximum absolute atomic E-state index is 11.9. The number of β-lactam (4-membered cyclic amide) rings is 1. The minimum absolute atomic E-state index is 0. The molecule has 7 nitrogen and oxygen atoms in total. The summed E-state index contributed by atoms with van der Waals surface area (Å²) in [5, 5.41) is 38.3. The van der Waals surface area contributed by atoms with E-state index < -0.39 is 42.0 Å². The van der Waals surface area contributed by atoms with E-state index in [9.17, 15) is 24.9 Å². The van der Waals surface area contributed by atoms with Gasteiger partial charge in [0.05, 0.1) is 40.6 Å². The number of carbonyl (C=O) groups excluding carboxylic acids is 2. The van der Waals surface area contributed by atoms with Crippen LogP contribution in [-0.2, 0) is 9.59 Å². The zero-order valence-electron chi connectivity index (χ0n) is 11.6. The van der Waals surface area contributed by atoms with Gasteiger partial charge in [-0.25, -0.2) is 0 Å². The van der Waals surface area contributed by atoms with Crippen LogP contribution in [-0.4, -0.2) is 62.0 Å². The summed E-state index contributed by atoms with van der Waals surface area (Å²) < 4.78 is 0.360. The predicted octanol–water partition coefficient (Wildman–Crippen LogP) is -5.09. The van der Waals surface area contributed by atoms with Gasteiger partial charge in [0.1, 0.15) is 5.37 Å². The number of aliphatic hydroxyl groups excluding tert-OH is 3. The molecule has 1 fully saturated rings. The molecule has 0 radical (unpaired) electrons. The second-order valence-corrected chi connectivity index (χ2v) is 6.97. The van der Waals surface area contributed by atoms with Gasteiger partial charge in [0.15, 0.2) is 0 Å². The summed E-state index contributed by atoms with van der Waals surface area (Å²) >= 11 is 2.22. The molecule has 2 heterocycles. The molecular weight excluding hydrogens is 329 g/mol. The third-order valence-electron chi connectivity index (χ3n) is 3.08. The Labute approximate surface area is 152 Å². The Morgan fingerprint density at radius 2 is 2.14 bits per heavy atom. The van der Waals surface area contributed by atoms with Crippen molar-refractivity contribution in [3.05, 3.63) is 9.93 Å². The van der Waals surface area contributed by atoms with Crippen molar-refractivity contribution in [3.63, 3.8) is 0 Å². The molecule has 0 bridgehead atoms. The van der Waals surface area contributed by atoms with Crippen LogP contribution < -0.4 is 34.7 Å². The summed E-state index contributed by atoms with van der Waals surface area (Å²) in [5.74, 6) is -2.41. The van der Waals surface area contributed by atoms with Gasteiger partial charge in [0.2, 0.25) is 5.91 Å². The van der Waals surface area contributed by atoms with Crippen molar-refractivity contribution in [1.82, 2.24) is 4.90 Å². The zero-order chi connectivity index (χ0) is 15.0. The van der Waals surface area contributed by atoms with Crippen molar-refractivity contribution in [1.29, 1.82) is 0 Å². The molecule has 2 aliphatic heterocycles. The minimum atomic E-state index is -1.46. The first-order chi connectivity index (χ1) is 9.38. The molecule has 0 aliphatic carbocycles. The van der Waals surface area contributed by atoms with Crippen molar-refractivity contribution in [2.24, 2.45) is 5.92 Å². The first-order valence-electron chi connectivity index (χ1n) is 5.93. The van der Waals surface area contributed by atoms with E-state index in [0.29, 0.717) is 4.24 Å². The summed E-state index contributed by atoms with van der Waals surface area (Å²) in [7, 11) is 0. The van der Waals surface area contributed by atoms with Gasteiger partial charge in [-0.1, -0.05) is 11.8 Å². The van der Waals surface area contributed by atoms with Gasteiger partial charge in [-0.15, -0.1) is 11.8 Å². The molecule has 112 valence electrons. The molecule has 2 unspecified atom stereocenters. The molecule has 0 aromatic rings. The van der Waals surface area contributed by atoms with Crippen LogP contribution in [0.15, 0.2) is 9.93 Å². The largest absolute Gasteiger partial charge is 1.00 e.